The van der Waals surface area contributed by atoms with Crippen LogP contribution in [-0.4, -0.2) is 43.1 Å². The number of ether oxygens (including phenoxy) is 2. The Morgan fingerprint density at radius 2 is 1.69 bits per heavy atom. The Morgan fingerprint density at radius 3 is 2.51 bits per heavy atom. The predicted octanol–water partition coefficient (Wildman–Crippen LogP) is 5.02. The van der Waals surface area contributed by atoms with Crippen molar-refractivity contribution in [2.24, 2.45) is 0 Å². The lowest BCUT2D eigenvalue weighted by Gasteiger charge is -2.23. The monoisotopic (exact) mass is 494 g/mol. The number of nitrogens with zero attached hydrogens (tertiary/aromatic N) is 2. The van der Waals surface area contributed by atoms with Crippen LogP contribution < -0.4 is 9.47 Å². The topological polar surface area (TPSA) is 85.8 Å². The smallest absolute Gasteiger partial charge is 0.224 e. The SMILES string of the molecule is O=C(CCCS(=O)(=O)c1ccccc1)N1CCCCCOc2ccccc2Oc2ncccc2C1. The fourth-order valence-corrected chi connectivity index (χ4v) is 5.30. The molecule has 0 spiro atoms. The van der Waals surface area contributed by atoms with E-state index < -0.39 is 9.84 Å². The molecule has 7 nitrogen and oxygen atoms in total. The van der Waals surface area contributed by atoms with Crippen LogP contribution in [0.25, 0.3) is 0 Å². The molecule has 0 radical (unpaired) electrons. The molecule has 0 saturated heterocycles. The number of aromatic nitrogens is 1. The van der Waals surface area contributed by atoms with Crippen molar-refractivity contribution in [3.05, 3.63) is 78.5 Å². The molecule has 1 aliphatic heterocycles. The Labute approximate surface area is 206 Å². The van der Waals surface area contributed by atoms with E-state index in [0.717, 1.165) is 24.8 Å². The number of carbonyl (C=O) groups excluding carboxylic acids is 1. The first kappa shape index (κ1) is 24.7. The molecule has 0 fully saturated rings. The quantitative estimate of drug-likeness (QED) is 0.495. The van der Waals surface area contributed by atoms with E-state index in [-0.39, 0.29) is 29.4 Å². The second-order valence-electron chi connectivity index (χ2n) is 8.48. The van der Waals surface area contributed by atoms with Crippen molar-refractivity contribution in [3.8, 4) is 17.4 Å². The van der Waals surface area contributed by atoms with Crippen LogP contribution in [-0.2, 0) is 21.2 Å². The Hall–Kier alpha value is -3.39. The van der Waals surface area contributed by atoms with Crippen molar-refractivity contribution < 1.29 is 22.7 Å². The number of hydrogen-bond donors (Lipinski definition) is 0. The maximum absolute atomic E-state index is 13.2. The summed E-state index contributed by atoms with van der Waals surface area (Å²) in [6, 6.07) is 19.6. The van der Waals surface area contributed by atoms with E-state index in [1.165, 1.54) is 0 Å². The largest absolute Gasteiger partial charge is 0.490 e. The molecular formula is C27H30N2O5S. The zero-order valence-electron chi connectivity index (χ0n) is 19.6. The highest BCUT2D eigenvalue weighted by atomic mass is 32.2. The number of pyridine rings is 1. The van der Waals surface area contributed by atoms with Gasteiger partial charge in [0.15, 0.2) is 21.3 Å². The summed E-state index contributed by atoms with van der Waals surface area (Å²) in [7, 11) is -3.41. The second-order valence-corrected chi connectivity index (χ2v) is 10.6. The van der Waals surface area contributed by atoms with Gasteiger partial charge >= 0.3 is 0 Å². The number of para-hydroxylation sites is 2. The number of fused-ring (bicyclic) bond motifs is 2. The van der Waals surface area contributed by atoms with Gasteiger partial charge in [-0.05, 0) is 56.0 Å². The fraction of sp³-hybridized carbons (Fsp3) is 0.333. The van der Waals surface area contributed by atoms with E-state index in [1.54, 1.807) is 41.4 Å². The van der Waals surface area contributed by atoms with Crippen LogP contribution in [0, 0.1) is 0 Å². The molecule has 1 aromatic heterocycles. The molecule has 0 saturated carbocycles. The van der Waals surface area contributed by atoms with Crippen LogP contribution in [0.1, 0.15) is 37.7 Å². The van der Waals surface area contributed by atoms with Crippen LogP contribution >= 0.6 is 0 Å². The van der Waals surface area contributed by atoms with Gasteiger partial charge in [-0.15, -0.1) is 0 Å². The minimum absolute atomic E-state index is 0.0635. The van der Waals surface area contributed by atoms with Gasteiger partial charge in [0, 0.05) is 24.7 Å². The lowest BCUT2D eigenvalue weighted by Crippen LogP contribution is -2.32. The summed E-state index contributed by atoms with van der Waals surface area (Å²) < 4.78 is 37.2. The number of carbonyl (C=O) groups is 1. The molecule has 0 N–H and O–H groups in total. The van der Waals surface area contributed by atoms with Gasteiger partial charge in [-0.25, -0.2) is 13.4 Å². The van der Waals surface area contributed by atoms with Crippen LogP contribution in [0.4, 0.5) is 0 Å². The van der Waals surface area contributed by atoms with Crippen molar-refractivity contribution in [2.45, 2.75) is 43.5 Å². The maximum atomic E-state index is 13.2. The third-order valence-corrected chi connectivity index (χ3v) is 7.67. The number of sulfone groups is 1. The average Bonchev–Trinajstić information content (AvgIpc) is 2.88. The molecule has 1 aliphatic rings. The second kappa shape index (κ2) is 11.8. The van der Waals surface area contributed by atoms with Gasteiger partial charge in [-0.1, -0.05) is 36.4 Å². The molecule has 0 atom stereocenters. The third kappa shape index (κ3) is 6.82. The molecule has 0 unspecified atom stereocenters. The molecular weight excluding hydrogens is 464 g/mol. The van der Waals surface area contributed by atoms with Crippen molar-refractivity contribution in [1.82, 2.24) is 9.88 Å². The van der Waals surface area contributed by atoms with Gasteiger partial charge in [-0.3, -0.25) is 4.79 Å². The molecule has 0 aliphatic carbocycles. The summed E-state index contributed by atoms with van der Waals surface area (Å²) in [4.78, 5) is 19.6. The molecule has 35 heavy (non-hydrogen) atoms. The van der Waals surface area contributed by atoms with Crippen molar-refractivity contribution in [2.75, 3.05) is 18.9 Å². The third-order valence-electron chi connectivity index (χ3n) is 5.86. The molecule has 2 heterocycles. The number of hydrogen-bond acceptors (Lipinski definition) is 6. The molecule has 3 aromatic rings. The zero-order valence-corrected chi connectivity index (χ0v) is 20.5. The van der Waals surface area contributed by atoms with Crippen molar-refractivity contribution in [3.63, 3.8) is 0 Å². The summed E-state index contributed by atoms with van der Waals surface area (Å²) in [5.74, 6) is 1.53. The lowest BCUT2D eigenvalue weighted by molar-refractivity contribution is -0.131. The number of benzene rings is 2. The van der Waals surface area contributed by atoms with Gasteiger partial charge in [-0.2, -0.15) is 0 Å². The Morgan fingerprint density at radius 1 is 0.914 bits per heavy atom. The fourth-order valence-electron chi connectivity index (χ4n) is 3.97. The van der Waals surface area contributed by atoms with Crippen LogP contribution in [0.2, 0.25) is 0 Å². The van der Waals surface area contributed by atoms with Gasteiger partial charge in [0.05, 0.1) is 23.8 Å². The highest BCUT2D eigenvalue weighted by Crippen LogP contribution is 2.32. The maximum Gasteiger partial charge on any atom is 0.224 e. The Bertz CT molecular complexity index is 1230. The van der Waals surface area contributed by atoms with E-state index in [9.17, 15) is 13.2 Å². The normalized spacial score (nSPS) is 14.7. The van der Waals surface area contributed by atoms with Gasteiger partial charge in [0.2, 0.25) is 11.8 Å². The van der Waals surface area contributed by atoms with E-state index >= 15 is 0 Å². The number of rotatable bonds is 5. The van der Waals surface area contributed by atoms with E-state index in [4.69, 9.17) is 9.47 Å². The molecule has 2 aromatic carbocycles. The van der Waals surface area contributed by atoms with Gasteiger partial charge in [0.25, 0.3) is 0 Å². The summed E-state index contributed by atoms with van der Waals surface area (Å²) in [5.41, 5.74) is 0.784. The minimum Gasteiger partial charge on any atom is -0.490 e. The average molecular weight is 495 g/mol. The van der Waals surface area contributed by atoms with Crippen LogP contribution in [0.5, 0.6) is 17.4 Å². The number of amides is 1. The predicted molar refractivity (Wildman–Crippen MR) is 133 cm³/mol. The summed E-state index contributed by atoms with van der Waals surface area (Å²) in [6.07, 6.45) is 4.68. The highest BCUT2D eigenvalue weighted by molar-refractivity contribution is 7.91. The molecule has 4 rings (SSSR count). The van der Waals surface area contributed by atoms with Gasteiger partial charge in [0.1, 0.15) is 0 Å². The first-order chi connectivity index (χ1) is 17.0. The molecule has 184 valence electrons. The van der Waals surface area contributed by atoms with Crippen LogP contribution in [0.15, 0.2) is 77.8 Å². The first-order valence-electron chi connectivity index (χ1n) is 11.9. The summed E-state index contributed by atoms with van der Waals surface area (Å²) in [5, 5.41) is 0. The van der Waals surface area contributed by atoms with Crippen molar-refractivity contribution >= 4 is 15.7 Å². The van der Waals surface area contributed by atoms with Crippen LogP contribution in [0.3, 0.4) is 0 Å². The minimum atomic E-state index is -3.41. The van der Waals surface area contributed by atoms with Crippen molar-refractivity contribution in [1.29, 1.82) is 0 Å². The first-order valence-corrected chi connectivity index (χ1v) is 13.6. The molecule has 0 bridgehead atoms. The Balaban J connectivity index is 1.47. The zero-order chi connectivity index (χ0) is 24.5. The van der Waals surface area contributed by atoms with E-state index in [2.05, 4.69) is 4.98 Å². The standard InChI is InChI=1S/C27H30N2O5S/c30-26(16-10-20-35(31,32)23-12-3-1-4-13-23)29-18-7-2-8-19-33-24-14-5-6-15-25(24)34-27-22(21-29)11-9-17-28-27/h1,3-6,9,11-15,17H,2,7-8,10,16,18-21H2. The summed E-state index contributed by atoms with van der Waals surface area (Å²) >= 11 is 0. The molecule has 1 amide bonds. The van der Waals surface area contributed by atoms with Gasteiger partial charge < -0.3 is 14.4 Å². The lowest BCUT2D eigenvalue weighted by atomic mass is 10.2. The summed E-state index contributed by atoms with van der Waals surface area (Å²) in [6.45, 7) is 1.47. The highest BCUT2D eigenvalue weighted by Gasteiger charge is 2.20. The Kier molecular flexibility index (Phi) is 8.36. The molecule has 8 heteroatoms. The van der Waals surface area contributed by atoms with E-state index in [0.29, 0.717) is 37.1 Å². The van der Waals surface area contributed by atoms with E-state index in [1.807, 2.05) is 36.4 Å².